The second kappa shape index (κ2) is 11.7. The van der Waals surface area contributed by atoms with E-state index in [0.29, 0.717) is 31.1 Å². The molecule has 5 rings (SSSR count). The number of hydrogen-bond donors (Lipinski definition) is 1. The molecule has 3 saturated heterocycles. The number of nitrogens with one attached hydrogen (secondary N) is 1. The number of nitrogens with zero attached hydrogens (tertiary/aromatic N) is 3. The Hall–Kier alpha value is -2.56. The van der Waals surface area contributed by atoms with Gasteiger partial charge in [-0.05, 0) is 64.3 Å². The monoisotopic (exact) mass is 636 g/mol. The number of halogens is 3. The third kappa shape index (κ3) is 6.66. The van der Waals surface area contributed by atoms with Crippen molar-refractivity contribution in [3.05, 3.63) is 57.3 Å². The smallest absolute Gasteiger partial charge is 0.410 e. The molecule has 8 nitrogen and oxygen atoms in total. The Bertz CT molecular complexity index is 1270. The molecular formula is C29H35BrClFN4O4. The van der Waals surface area contributed by atoms with Gasteiger partial charge in [-0.3, -0.25) is 4.90 Å². The van der Waals surface area contributed by atoms with E-state index in [9.17, 15) is 14.0 Å². The van der Waals surface area contributed by atoms with Crippen LogP contribution in [0.15, 0.2) is 40.9 Å². The Kier molecular flexibility index (Phi) is 8.50. The first kappa shape index (κ1) is 29.0. The summed E-state index contributed by atoms with van der Waals surface area (Å²) in [5.41, 5.74) is 0.458. The Labute approximate surface area is 247 Å². The summed E-state index contributed by atoms with van der Waals surface area (Å²) in [7, 11) is 0. The molecule has 3 aliphatic rings. The van der Waals surface area contributed by atoms with Gasteiger partial charge in [0.15, 0.2) is 0 Å². The van der Waals surface area contributed by atoms with Crippen LogP contribution in [0.4, 0.5) is 14.0 Å². The van der Waals surface area contributed by atoms with Gasteiger partial charge in [0, 0.05) is 54.9 Å². The number of fused-ring (bicyclic) bond motifs is 1. The van der Waals surface area contributed by atoms with Crippen molar-refractivity contribution in [1.82, 2.24) is 20.0 Å². The van der Waals surface area contributed by atoms with Crippen molar-refractivity contribution in [2.75, 3.05) is 26.2 Å². The Morgan fingerprint density at radius 3 is 2.58 bits per heavy atom. The number of likely N-dealkylation sites (tertiary alicyclic amines) is 2. The highest BCUT2D eigenvalue weighted by atomic mass is 79.9. The predicted molar refractivity (Wildman–Crippen MR) is 154 cm³/mol. The summed E-state index contributed by atoms with van der Waals surface area (Å²) in [5.74, 6) is 0.626. The second-order valence-corrected chi connectivity index (χ2v) is 13.0. The van der Waals surface area contributed by atoms with Gasteiger partial charge in [-0.1, -0.05) is 33.6 Å². The fraction of sp³-hybridized carbons (Fsp3) is 0.517. The zero-order valence-electron chi connectivity index (χ0n) is 23.0. The van der Waals surface area contributed by atoms with Gasteiger partial charge in [-0.25, -0.2) is 14.0 Å². The molecule has 1 N–H and O–H groups in total. The quantitative estimate of drug-likeness (QED) is 0.411. The SMILES string of the molecule is CC(C)(C)OC(=O)N1CCC(N2C(=O)NC3CN(Cc4ccc(Br)cc4Oc4ccc(F)c(Cl)c4)CCC32)CC1. The van der Waals surface area contributed by atoms with Gasteiger partial charge in [-0.15, -0.1) is 0 Å². The Balaban J connectivity index is 1.20. The lowest BCUT2D eigenvalue weighted by Crippen LogP contribution is -2.54. The molecule has 2 aromatic rings. The highest BCUT2D eigenvalue weighted by Crippen LogP contribution is 2.34. The molecule has 0 radical (unpaired) electrons. The largest absolute Gasteiger partial charge is 0.457 e. The summed E-state index contributed by atoms with van der Waals surface area (Å²) in [6, 6.07) is 10.4. The third-order valence-electron chi connectivity index (χ3n) is 7.61. The molecule has 0 spiro atoms. The van der Waals surface area contributed by atoms with Crippen LogP contribution in [0.5, 0.6) is 11.5 Å². The van der Waals surface area contributed by atoms with Crippen LogP contribution < -0.4 is 10.1 Å². The summed E-state index contributed by atoms with van der Waals surface area (Å²) in [5, 5.41) is 3.22. The van der Waals surface area contributed by atoms with Gasteiger partial charge in [0.25, 0.3) is 0 Å². The van der Waals surface area contributed by atoms with Crippen molar-refractivity contribution in [2.45, 2.75) is 70.3 Å². The van der Waals surface area contributed by atoms with E-state index >= 15 is 0 Å². The van der Waals surface area contributed by atoms with Crippen molar-refractivity contribution in [3.8, 4) is 11.5 Å². The first-order valence-corrected chi connectivity index (χ1v) is 14.8. The fourth-order valence-electron chi connectivity index (χ4n) is 5.76. The molecule has 3 aliphatic heterocycles. The number of urea groups is 1. The minimum Gasteiger partial charge on any atom is -0.457 e. The highest BCUT2D eigenvalue weighted by molar-refractivity contribution is 9.10. The maximum absolute atomic E-state index is 13.6. The number of carbonyl (C=O) groups excluding carboxylic acids is 2. The van der Waals surface area contributed by atoms with E-state index in [2.05, 4.69) is 26.1 Å². The summed E-state index contributed by atoms with van der Waals surface area (Å²) in [6.07, 6.45) is 2.05. The molecule has 3 heterocycles. The van der Waals surface area contributed by atoms with E-state index < -0.39 is 11.4 Å². The Morgan fingerprint density at radius 2 is 1.88 bits per heavy atom. The highest BCUT2D eigenvalue weighted by Gasteiger charge is 2.46. The number of benzene rings is 2. The predicted octanol–water partition coefficient (Wildman–Crippen LogP) is 6.40. The van der Waals surface area contributed by atoms with E-state index in [1.807, 2.05) is 43.9 Å². The van der Waals surface area contributed by atoms with E-state index in [1.54, 1.807) is 11.0 Å². The summed E-state index contributed by atoms with van der Waals surface area (Å²) >= 11 is 9.46. The molecule has 40 heavy (non-hydrogen) atoms. The van der Waals surface area contributed by atoms with Crippen molar-refractivity contribution in [3.63, 3.8) is 0 Å². The second-order valence-electron chi connectivity index (χ2n) is 11.7. The van der Waals surface area contributed by atoms with E-state index in [1.165, 1.54) is 12.1 Å². The van der Waals surface area contributed by atoms with Crippen LogP contribution in [0.1, 0.15) is 45.6 Å². The van der Waals surface area contributed by atoms with Crippen LogP contribution in [-0.4, -0.2) is 76.7 Å². The lowest BCUT2D eigenvalue weighted by atomic mass is 9.95. The van der Waals surface area contributed by atoms with Gasteiger partial charge >= 0.3 is 12.1 Å². The van der Waals surface area contributed by atoms with E-state index in [0.717, 1.165) is 42.4 Å². The van der Waals surface area contributed by atoms with Crippen LogP contribution in [0.2, 0.25) is 5.02 Å². The number of hydrogen-bond acceptors (Lipinski definition) is 5. The minimum absolute atomic E-state index is 0.00756. The molecule has 0 saturated carbocycles. The first-order chi connectivity index (χ1) is 19.0. The molecule has 0 aliphatic carbocycles. The standard InChI is InChI=1S/C29H35BrClFN4O4/c1-29(2,3)40-28(38)35-12-8-20(9-13-35)36-25-10-11-34(17-24(25)33-27(36)37)16-18-4-5-19(30)14-26(18)39-21-6-7-23(32)22(31)15-21/h4-7,14-15,20,24-25H,8-13,16-17H2,1-3H3,(H,33,37). The molecule has 2 atom stereocenters. The summed E-state index contributed by atoms with van der Waals surface area (Å²) in [4.78, 5) is 31.6. The summed E-state index contributed by atoms with van der Waals surface area (Å²) < 4.78 is 26.1. The van der Waals surface area contributed by atoms with Crippen LogP contribution in [0, 0.1) is 5.82 Å². The minimum atomic E-state index is -0.526. The molecule has 216 valence electrons. The van der Waals surface area contributed by atoms with Crippen molar-refractivity contribution in [2.24, 2.45) is 0 Å². The van der Waals surface area contributed by atoms with Gasteiger partial charge in [0.2, 0.25) is 0 Å². The van der Waals surface area contributed by atoms with Gasteiger partial charge in [0.1, 0.15) is 22.9 Å². The Morgan fingerprint density at radius 1 is 1.12 bits per heavy atom. The molecule has 3 fully saturated rings. The maximum Gasteiger partial charge on any atom is 0.410 e. The van der Waals surface area contributed by atoms with Gasteiger partial charge < -0.3 is 24.6 Å². The van der Waals surface area contributed by atoms with E-state index in [4.69, 9.17) is 21.1 Å². The molecule has 0 bridgehead atoms. The third-order valence-corrected chi connectivity index (χ3v) is 8.40. The molecule has 0 aromatic heterocycles. The number of carbonyl (C=O) groups is 2. The van der Waals surface area contributed by atoms with Crippen LogP contribution in [0.25, 0.3) is 0 Å². The topological polar surface area (TPSA) is 74.4 Å². The molecular weight excluding hydrogens is 603 g/mol. The number of amides is 3. The fourth-order valence-corrected chi connectivity index (χ4v) is 6.27. The van der Waals surface area contributed by atoms with Gasteiger partial charge in [0.05, 0.1) is 17.1 Å². The zero-order valence-corrected chi connectivity index (χ0v) is 25.3. The normalized spacial score (nSPS) is 22.2. The molecule has 11 heteroatoms. The zero-order chi connectivity index (χ0) is 28.6. The maximum atomic E-state index is 13.6. The average Bonchev–Trinajstić information content (AvgIpc) is 3.22. The molecule has 2 unspecified atom stereocenters. The van der Waals surface area contributed by atoms with Crippen molar-refractivity contribution >= 4 is 39.7 Å². The van der Waals surface area contributed by atoms with Crippen molar-refractivity contribution in [1.29, 1.82) is 0 Å². The van der Waals surface area contributed by atoms with Gasteiger partial charge in [-0.2, -0.15) is 0 Å². The van der Waals surface area contributed by atoms with E-state index in [-0.39, 0.29) is 35.3 Å². The number of ether oxygens (including phenoxy) is 2. The lowest BCUT2D eigenvalue weighted by molar-refractivity contribution is 0.0142. The number of rotatable bonds is 5. The first-order valence-electron chi connectivity index (χ1n) is 13.7. The van der Waals surface area contributed by atoms with Crippen molar-refractivity contribution < 1.29 is 23.5 Å². The lowest BCUT2D eigenvalue weighted by Gasteiger charge is -2.42. The summed E-state index contributed by atoms with van der Waals surface area (Å²) in [6.45, 7) is 8.96. The molecule has 2 aromatic carbocycles. The van der Waals surface area contributed by atoms with Crippen LogP contribution in [0.3, 0.4) is 0 Å². The average molecular weight is 638 g/mol. The van der Waals surface area contributed by atoms with Crippen LogP contribution >= 0.6 is 27.5 Å². The molecule has 3 amide bonds. The number of piperidine rings is 2. The van der Waals surface area contributed by atoms with Crippen LogP contribution in [-0.2, 0) is 11.3 Å².